The molecule has 1 atom stereocenters. The smallest absolute Gasteiger partial charge is 0.127 e. The molecule has 1 heterocycles. The minimum Gasteiger partial charge on any atom is -0.325 e. The Morgan fingerprint density at radius 3 is 2.29 bits per heavy atom. The van der Waals surface area contributed by atoms with Crippen LogP contribution in [-0.2, 0) is 6.54 Å². The van der Waals surface area contributed by atoms with Gasteiger partial charge >= 0.3 is 0 Å². The highest BCUT2D eigenvalue weighted by Gasteiger charge is 2.23. The molecule has 0 bridgehead atoms. The van der Waals surface area contributed by atoms with E-state index in [1.807, 2.05) is 23.9 Å². The number of halogens is 1. The molecule has 1 aromatic heterocycles. The summed E-state index contributed by atoms with van der Waals surface area (Å²) in [6, 6.07) is 27.3. The first-order chi connectivity index (χ1) is 15.2. The summed E-state index contributed by atoms with van der Waals surface area (Å²) in [4.78, 5) is 8.80. The molecule has 3 aromatic carbocycles. The maximum atomic E-state index is 6.32. The van der Waals surface area contributed by atoms with Crippen LogP contribution in [0.25, 0.3) is 11.0 Å². The van der Waals surface area contributed by atoms with Crippen molar-refractivity contribution >= 4 is 34.4 Å². The minimum absolute atomic E-state index is 0.0893. The number of nitrogens with zero attached hydrogens (tertiary/aromatic N) is 3. The van der Waals surface area contributed by atoms with Crippen molar-refractivity contribution in [3.63, 3.8) is 0 Å². The molecule has 0 fully saturated rings. The normalized spacial score (nSPS) is 12.5. The third-order valence-electron chi connectivity index (χ3n) is 5.61. The van der Waals surface area contributed by atoms with Gasteiger partial charge in [-0.25, -0.2) is 4.98 Å². The van der Waals surface area contributed by atoms with Crippen LogP contribution in [0, 0.1) is 0 Å². The first kappa shape index (κ1) is 21.9. The Balaban J connectivity index is 1.81. The maximum absolute atomic E-state index is 6.32. The lowest BCUT2D eigenvalue weighted by atomic mass is 10.1. The van der Waals surface area contributed by atoms with Gasteiger partial charge in [0.05, 0.1) is 16.3 Å². The number of fused-ring (bicyclic) bond motifs is 1. The Bertz CT molecular complexity index is 1110. The molecule has 0 aliphatic rings. The fourth-order valence-electron chi connectivity index (χ4n) is 3.87. The average Bonchev–Trinajstić information content (AvgIpc) is 3.16. The van der Waals surface area contributed by atoms with Crippen LogP contribution in [0.3, 0.4) is 0 Å². The fourth-order valence-corrected chi connectivity index (χ4v) is 5.20. The molecule has 0 amide bonds. The van der Waals surface area contributed by atoms with E-state index in [4.69, 9.17) is 16.6 Å². The molecule has 4 rings (SSSR count). The van der Waals surface area contributed by atoms with Crippen LogP contribution in [0.1, 0.15) is 30.5 Å². The monoisotopic (exact) mass is 449 g/mol. The van der Waals surface area contributed by atoms with Crippen molar-refractivity contribution in [1.82, 2.24) is 14.5 Å². The predicted octanol–water partition coefficient (Wildman–Crippen LogP) is 6.91. The minimum atomic E-state index is 0.0893. The van der Waals surface area contributed by atoms with Gasteiger partial charge in [0.1, 0.15) is 5.82 Å². The predicted molar refractivity (Wildman–Crippen MR) is 133 cm³/mol. The van der Waals surface area contributed by atoms with Gasteiger partial charge in [0, 0.05) is 23.0 Å². The van der Waals surface area contributed by atoms with Crippen LogP contribution in [0.2, 0.25) is 5.02 Å². The van der Waals surface area contributed by atoms with Gasteiger partial charge in [-0.15, -0.1) is 11.8 Å². The summed E-state index contributed by atoms with van der Waals surface area (Å²) >= 11 is 8.16. The lowest BCUT2D eigenvalue weighted by Crippen LogP contribution is -2.27. The molecule has 0 spiro atoms. The van der Waals surface area contributed by atoms with Crippen LogP contribution >= 0.6 is 23.4 Å². The highest BCUT2D eigenvalue weighted by Crippen LogP contribution is 2.41. The molecule has 5 heteroatoms. The van der Waals surface area contributed by atoms with E-state index < -0.39 is 0 Å². The Kier molecular flexibility index (Phi) is 7.33. The molecule has 3 nitrogen and oxygen atoms in total. The molecule has 0 aliphatic carbocycles. The lowest BCUT2D eigenvalue weighted by molar-refractivity contribution is 0.290. The van der Waals surface area contributed by atoms with E-state index in [1.54, 1.807) is 0 Å². The Labute approximate surface area is 194 Å². The van der Waals surface area contributed by atoms with Crippen molar-refractivity contribution in [2.75, 3.05) is 19.6 Å². The highest BCUT2D eigenvalue weighted by molar-refractivity contribution is 7.99. The molecule has 0 saturated heterocycles. The number of rotatable bonds is 9. The zero-order valence-electron chi connectivity index (χ0n) is 18.0. The second-order valence-corrected chi connectivity index (χ2v) is 9.12. The van der Waals surface area contributed by atoms with E-state index in [9.17, 15) is 0 Å². The first-order valence-electron chi connectivity index (χ1n) is 10.8. The molecule has 0 aliphatic heterocycles. The Morgan fingerprint density at radius 1 is 0.935 bits per heavy atom. The molecule has 1 unspecified atom stereocenters. The zero-order valence-corrected chi connectivity index (χ0v) is 19.6. The van der Waals surface area contributed by atoms with Gasteiger partial charge in [-0.3, -0.25) is 0 Å². The van der Waals surface area contributed by atoms with E-state index in [1.165, 1.54) is 10.5 Å². The summed E-state index contributed by atoms with van der Waals surface area (Å²) in [5.74, 6) is 1.07. The number of aromatic nitrogens is 2. The average molecular weight is 450 g/mol. The summed E-state index contributed by atoms with van der Waals surface area (Å²) in [5, 5.41) is 0.811. The number of benzene rings is 3. The summed E-state index contributed by atoms with van der Waals surface area (Å²) in [5.41, 5.74) is 3.35. The second kappa shape index (κ2) is 10.4. The van der Waals surface area contributed by atoms with Crippen molar-refractivity contribution in [1.29, 1.82) is 0 Å². The van der Waals surface area contributed by atoms with Gasteiger partial charge < -0.3 is 9.47 Å². The van der Waals surface area contributed by atoms with E-state index in [2.05, 4.69) is 90.0 Å². The molecule has 4 aromatic rings. The maximum Gasteiger partial charge on any atom is 0.127 e. The van der Waals surface area contributed by atoms with E-state index >= 15 is 0 Å². The molecular weight excluding hydrogens is 422 g/mol. The Morgan fingerprint density at radius 2 is 1.61 bits per heavy atom. The van der Waals surface area contributed by atoms with Crippen molar-refractivity contribution < 1.29 is 0 Å². The molecular formula is C26H28ClN3S. The number of imidazole rings is 1. The van der Waals surface area contributed by atoms with Gasteiger partial charge in [0.2, 0.25) is 0 Å². The molecule has 31 heavy (non-hydrogen) atoms. The second-order valence-electron chi connectivity index (χ2n) is 7.50. The molecule has 160 valence electrons. The lowest BCUT2D eigenvalue weighted by Gasteiger charge is -2.22. The third-order valence-corrected chi connectivity index (χ3v) is 7.11. The van der Waals surface area contributed by atoms with E-state index in [0.29, 0.717) is 0 Å². The number of thioether (sulfide) groups is 1. The summed E-state index contributed by atoms with van der Waals surface area (Å²) in [7, 11) is 0. The first-order valence-corrected chi connectivity index (χ1v) is 12.1. The van der Waals surface area contributed by atoms with Crippen LogP contribution in [0.4, 0.5) is 0 Å². The van der Waals surface area contributed by atoms with E-state index in [0.717, 1.165) is 48.1 Å². The SMILES string of the molecule is CCN(CC)CCn1c(C(Sc2ccccc2)c2ccccc2)nc2cc(Cl)ccc21. The molecule has 0 saturated carbocycles. The summed E-state index contributed by atoms with van der Waals surface area (Å²) in [6.07, 6.45) is 0. The van der Waals surface area contributed by atoms with Crippen molar-refractivity contribution in [2.24, 2.45) is 0 Å². The van der Waals surface area contributed by atoms with Crippen molar-refractivity contribution in [2.45, 2.75) is 30.5 Å². The quantitative estimate of drug-likeness (QED) is 0.259. The van der Waals surface area contributed by atoms with E-state index in [-0.39, 0.29) is 5.25 Å². The van der Waals surface area contributed by atoms with Gasteiger partial charge in [-0.05, 0) is 49.0 Å². The van der Waals surface area contributed by atoms with Crippen LogP contribution < -0.4 is 0 Å². The number of hydrogen-bond acceptors (Lipinski definition) is 3. The highest BCUT2D eigenvalue weighted by atomic mass is 35.5. The largest absolute Gasteiger partial charge is 0.325 e. The van der Waals surface area contributed by atoms with Gasteiger partial charge in [-0.2, -0.15) is 0 Å². The number of likely N-dealkylation sites (N-methyl/N-ethyl adjacent to an activating group) is 1. The third kappa shape index (κ3) is 5.15. The van der Waals surface area contributed by atoms with Crippen LogP contribution in [0.15, 0.2) is 83.8 Å². The summed E-state index contributed by atoms with van der Waals surface area (Å²) in [6.45, 7) is 8.41. The molecule has 0 radical (unpaired) electrons. The standard InChI is InChI=1S/C26H28ClN3S/c1-3-29(4-2)17-18-30-24-16-15-21(27)19-23(24)28-26(30)25(20-11-7-5-8-12-20)31-22-13-9-6-10-14-22/h5-16,19,25H,3-4,17-18H2,1-2H3. The Hall–Kier alpha value is -2.27. The van der Waals surface area contributed by atoms with Gasteiger partial charge in [0.15, 0.2) is 0 Å². The summed E-state index contributed by atoms with van der Waals surface area (Å²) < 4.78 is 2.39. The zero-order chi connectivity index (χ0) is 21.6. The number of hydrogen-bond donors (Lipinski definition) is 0. The van der Waals surface area contributed by atoms with Crippen molar-refractivity contribution in [3.8, 4) is 0 Å². The van der Waals surface area contributed by atoms with Crippen molar-refractivity contribution in [3.05, 3.63) is 95.3 Å². The fraction of sp³-hybridized carbons (Fsp3) is 0.269. The van der Waals surface area contributed by atoms with Gasteiger partial charge in [-0.1, -0.05) is 74.0 Å². The van der Waals surface area contributed by atoms with Crippen LogP contribution in [0.5, 0.6) is 0 Å². The van der Waals surface area contributed by atoms with Gasteiger partial charge in [0.25, 0.3) is 0 Å². The molecule has 0 N–H and O–H groups in total. The topological polar surface area (TPSA) is 21.1 Å². The van der Waals surface area contributed by atoms with Crippen LogP contribution in [-0.4, -0.2) is 34.1 Å².